The van der Waals surface area contributed by atoms with Crippen molar-refractivity contribution in [1.29, 1.82) is 0 Å². The fraction of sp³-hybridized carbons (Fsp3) is 0.556. The lowest BCUT2D eigenvalue weighted by molar-refractivity contribution is 0.562. The molecule has 0 saturated carbocycles. The third kappa shape index (κ3) is 3.16. The van der Waals surface area contributed by atoms with E-state index in [4.69, 9.17) is 0 Å². The maximum Gasteiger partial charge on any atom is 0.144 e. The van der Waals surface area contributed by atoms with Crippen LogP contribution in [0.1, 0.15) is 26.3 Å². The lowest BCUT2D eigenvalue weighted by Gasteiger charge is -2.17. The fourth-order valence-corrected chi connectivity index (χ4v) is 1.31. The van der Waals surface area contributed by atoms with Crippen molar-refractivity contribution in [2.75, 3.05) is 0 Å². The third-order valence-electron chi connectivity index (χ3n) is 1.55. The number of rotatable bonds is 2. The topological polar surface area (TPSA) is 53.2 Å². The molecule has 0 bridgehead atoms. The zero-order valence-electron chi connectivity index (χ0n) is 8.89. The Morgan fingerprint density at radius 1 is 1.57 bits per heavy atom. The summed E-state index contributed by atoms with van der Waals surface area (Å²) in [5.74, 6) is 0. The van der Waals surface area contributed by atoms with Gasteiger partial charge in [0.2, 0.25) is 0 Å². The molecular formula is C9H15N3OS. The van der Waals surface area contributed by atoms with E-state index in [1.807, 2.05) is 34.0 Å². The molecular weight excluding hydrogens is 198 g/mol. The molecule has 0 aliphatic carbocycles. The van der Waals surface area contributed by atoms with Gasteiger partial charge < -0.3 is 4.55 Å². The SMILES string of the molecule is Cn1cc(/C=N/[S@+]([O-])C(C)(C)C)cn1. The van der Waals surface area contributed by atoms with E-state index in [1.54, 1.807) is 17.1 Å². The Kier molecular flexibility index (Phi) is 3.34. The molecule has 1 atom stereocenters. The molecule has 0 fully saturated rings. The highest BCUT2D eigenvalue weighted by atomic mass is 32.2. The first-order valence-corrected chi connectivity index (χ1v) is 5.45. The summed E-state index contributed by atoms with van der Waals surface area (Å²) >= 11 is -1.20. The Hall–Kier alpha value is -0.810. The van der Waals surface area contributed by atoms with Gasteiger partial charge in [-0.05, 0) is 20.8 Å². The van der Waals surface area contributed by atoms with Crippen LogP contribution < -0.4 is 0 Å². The van der Waals surface area contributed by atoms with Gasteiger partial charge in [0.25, 0.3) is 0 Å². The van der Waals surface area contributed by atoms with Crippen molar-refractivity contribution >= 4 is 17.6 Å². The molecule has 78 valence electrons. The summed E-state index contributed by atoms with van der Waals surface area (Å²) in [7, 11) is 1.83. The zero-order valence-corrected chi connectivity index (χ0v) is 9.71. The van der Waals surface area contributed by atoms with Crippen molar-refractivity contribution in [3.8, 4) is 0 Å². The number of aryl methyl sites for hydroxylation is 1. The van der Waals surface area contributed by atoms with Gasteiger partial charge in [0.15, 0.2) is 0 Å². The van der Waals surface area contributed by atoms with Crippen LogP contribution >= 0.6 is 0 Å². The van der Waals surface area contributed by atoms with Gasteiger partial charge in [-0.1, -0.05) is 4.40 Å². The Balaban J connectivity index is 2.65. The average molecular weight is 213 g/mol. The van der Waals surface area contributed by atoms with E-state index >= 15 is 0 Å². The Morgan fingerprint density at radius 2 is 2.21 bits per heavy atom. The van der Waals surface area contributed by atoms with Crippen LogP contribution in [-0.4, -0.2) is 25.3 Å². The van der Waals surface area contributed by atoms with Crippen molar-refractivity contribution in [3.63, 3.8) is 0 Å². The van der Waals surface area contributed by atoms with Crippen LogP contribution in [0.3, 0.4) is 0 Å². The van der Waals surface area contributed by atoms with Crippen LogP contribution in [0.4, 0.5) is 0 Å². The molecule has 0 amide bonds. The quantitative estimate of drug-likeness (QED) is 0.549. The Morgan fingerprint density at radius 3 is 2.64 bits per heavy atom. The predicted molar refractivity (Wildman–Crippen MR) is 58.7 cm³/mol. The van der Waals surface area contributed by atoms with Gasteiger partial charge in [-0.3, -0.25) is 4.68 Å². The van der Waals surface area contributed by atoms with E-state index in [0.29, 0.717) is 0 Å². The molecule has 5 heteroatoms. The number of hydrogen-bond acceptors (Lipinski definition) is 3. The molecule has 0 aliphatic rings. The first-order chi connectivity index (χ1) is 6.39. The summed E-state index contributed by atoms with van der Waals surface area (Å²) in [5.41, 5.74) is 0.866. The second-order valence-corrected chi connectivity index (χ2v) is 5.98. The molecule has 0 aliphatic heterocycles. The summed E-state index contributed by atoms with van der Waals surface area (Å²) in [6.45, 7) is 5.68. The van der Waals surface area contributed by atoms with E-state index in [9.17, 15) is 4.55 Å². The van der Waals surface area contributed by atoms with Gasteiger partial charge in [0, 0.05) is 18.8 Å². The molecule has 4 nitrogen and oxygen atoms in total. The number of aromatic nitrogens is 2. The van der Waals surface area contributed by atoms with E-state index in [2.05, 4.69) is 9.50 Å². The summed E-state index contributed by atoms with van der Waals surface area (Å²) < 4.78 is 16.9. The van der Waals surface area contributed by atoms with Gasteiger partial charge in [0.1, 0.15) is 16.1 Å². The second kappa shape index (κ2) is 4.14. The summed E-state index contributed by atoms with van der Waals surface area (Å²) in [6.07, 6.45) is 5.10. The highest BCUT2D eigenvalue weighted by molar-refractivity contribution is 7.91. The molecule has 0 aromatic carbocycles. The predicted octanol–water partition coefficient (Wildman–Crippen LogP) is 1.30. The maximum atomic E-state index is 11.5. The van der Waals surface area contributed by atoms with E-state index in [-0.39, 0.29) is 4.75 Å². The van der Waals surface area contributed by atoms with E-state index in [1.165, 1.54) is 0 Å². The van der Waals surface area contributed by atoms with E-state index < -0.39 is 11.4 Å². The van der Waals surface area contributed by atoms with Crippen LogP contribution in [0.2, 0.25) is 0 Å². The number of nitrogens with zero attached hydrogens (tertiary/aromatic N) is 3. The van der Waals surface area contributed by atoms with Crippen LogP contribution in [-0.2, 0) is 18.4 Å². The minimum absolute atomic E-state index is 0.307. The maximum absolute atomic E-state index is 11.5. The minimum atomic E-state index is -1.20. The smallest absolute Gasteiger partial charge is 0.144 e. The Bertz CT molecular complexity index is 327. The molecule has 1 heterocycles. The summed E-state index contributed by atoms with van der Waals surface area (Å²) in [6, 6.07) is 0. The van der Waals surface area contributed by atoms with Crippen LogP contribution in [0.15, 0.2) is 16.8 Å². The first kappa shape index (κ1) is 11.3. The van der Waals surface area contributed by atoms with Gasteiger partial charge in [0.05, 0.1) is 12.4 Å². The van der Waals surface area contributed by atoms with Gasteiger partial charge in [-0.25, -0.2) is 0 Å². The van der Waals surface area contributed by atoms with Crippen molar-refractivity contribution < 1.29 is 4.55 Å². The van der Waals surface area contributed by atoms with Crippen LogP contribution in [0.25, 0.3) is 0 Å². The first-order valence-electron chi connectivity index (χ1n) is 4.34. The minimum Gasteiger partial charge on any atom is -0.591 e. The second-order valence-electron chi connectivity index (χ2n) is 4.04. The monoisotopic (exact) mass is 213 g/mol. The molecule has 1 rings (SSSR count). The van der Waals surface area contributed by atoms with Crippen molar-refractivity contribution in [1.82, 2.24) is 9.78 Å². The van der Waals surface area contributed by atoms with E-state index in [0.717, 1.165) is 5.56 Å². The molecule has 14 heavy (non-hydrogen) atoms. The zero-order chi connectivity index (χ0) is 10.8. The van der Waals surface area contributed by atoms with Crippen LogP contribution in [0.5, 0.6) is 0 Å². The third-order valence-corrected chi connectivity index (χ3v) is 2.89. The lowest BCUT2D eigenvalue weighted by atomic mass is 10.3. The van der Waals surface area contributed by atoms with Gasteiger partial charge in [-0.2, -0.15) is 5.10 Å². The normalized spacial score (nSPS) is 14.9. The standard InChI is InChI=1S/C9H15N3OS/c1-9(2,3)14(13)11-6-8-5-10-12(4)7-8/h5-7H,1-4H3/b11-6+/t14-/m1/s1. The molecule has 1 aromatic heterocycles. The summed E-state index contributed by atoms with van der Waals surface area (Å²) in [4.78, 5) is 0. The van der Waals surface area contributed by atoms with Crippen LogP contribution in [0, 0.1) is 0 Å². The average Bonchev–Trinajstić information content (AvgIpc) is 2.45. The highest BCUT2D eigenvalue weighted by Crippen LogP contribution is 2.16. The number of hydrogen-bond donors (Lipinski definition) is 0. The lowest BCUT2D eigenvalue weighted by Crippen LogP contribution is -2.25. The molecule has 0 spiro atoms. The fourth-order valence-electron chi connectivity index (χ4n) is 0.774. The summed E-state index contributed by atoms with van der Waals surface area (Å²) in [5, 5.41) is 3.98. The largest absolute Gasteiger partial charge is 0.591 e. The molecule has 0 saturated heterocycles. The molecule has 0 N–H and O–H groups in total. The molecule has 0 unspecified atom stereocenters. The van der Waals surface area contributed by atoms with Gasteiger partial charge >= 0.3 is 0 Å². The van der Waals surface area contributed by atoms with Crippen molar-refractivity contribution in [2.24, 2.45) is 11.4 Å². The molecule has 0 radical (unpaired) electrons. The van der Waals surface area contributed by atoms with Crippen molar-refractivity contribution in [3.05, 3.63) is 18.0 Å². The van der Waals surface area contributed by atoms with Crippen molar-refractivity contribution in [2.45, 2.75) is 25.5 Å². The molecule has 1 aromatic rings. The highest BCUT2D eigenvalue weighted by Gasteiger charge is 2.25. The van der Waals surface area contributed by atoms with Gasteiger partial charge in [-0.15, -0.1) is 0 Å². The Labute approximate surface area is 87.4 Å².